The van der Waals surface area contributed by atoms with Gasteiger partial charge in [-0.1, -0.05) is 24.3 Å². The predicted molar refractivity (Wildman–Crippen MR) is 102 cm³/mol. The molecule has 0 aliphatic carbocycles. The third-order valence-corrected chi connectivity index (χ3v) is 4.10. The zero-order chi connectivity index (χ0) is 19.1. The van der Waals surface area contributed by atoms with Crippen LogP contribution in [0.2, 0.25) is 0 Å². The number of benzene rings is 1. The monoisotopic (exact) mass is 363 g/mol. The van der Waals surface area contributed by atoms with Crippen molar-refractivity contribution in [3.8, 4) is 5.75 Å². The van der Waals surface area contributed by atoms with Crippen molar-refractivity contribution in [3.63, 3.8) is 0 Å². The summed E-state index contributed by atoms with van der Waals surface area (Å²) in [4.78, 5) is 27.9. The highest BCUT2D eigenvalue weighted by molar-refractivity contribution is 5.76. The number of nitrogens with zero attached hydrogens (tertiary/aromatic N) is 2. The zero-order valence-electron chi connectivity index (χ0n) is 15.0. The molecule has 0 fully saturated rings. The minimum atomic E-state index is -0.215. The Balaban J connectivity index is 1.54. The number of aromatic nitrogens is 2. The van der Waals surface area contributed by atoms with E-state index >= 15 is 0 Å². The molecule has 0 saturated heterocycles. The molecule has 1 atom stereocenters. The van der Waals surface area contributed by atoms with Gasteiger partial charge in [0.2, 0.25) is 5.91 Å². The lowest BCUT2D eigenvalue weighted by molar-refractivity contribution is -0.122. The van der Waals surface area contributed by atoms with Crippen LogP contribution in [0.1, 0.15) is 24.1 Å². The molecule has 0 bridgehead atoms. The molecule has 27 heavy (non-hydrogen) atoms. The van der Waals surface area contributed by atoms with Crippen molar-refractivity contribution in [1.82, 2.24) is 14.9 Å². The number of carbonyl (C=O) groups is 1. The summed E-state index contributed by atoms with van der Waals surface area (Å²) < 4.78 is 7.11. The molecule has 2 heterocycles. The van der Waals surface area contributed by atoms with Crippen molar-refractivity contribution in [2.24, 2.45) is 0 Å². The summed E-state index contributed by atoms with van der Waals surface area (Å²) in [5.41, 5.74) is 1.76. The van der Waals surface area contributed by atoms with Gasteiger partial charge in [-0.25, -0.2) is 0 Å². The number of pyridine rings is 2. The standard InChI is InChI=1S/C21H21N3O3/c1-16(23-20(25)14-24-12-3-2-6-21(24)26)18-7-9-19(10-8-18)27-15-17-5-4-11-22-13-17/h2-13,16H,14-15H2,1H3,(H,23,25). The summed E-state index contributed by atoms with van der Waals surface area (Å²) in [5, 5.41) is 2.90. The summed E-state index contributed by atoms with van der Waals surface area (Å²) >= 11 is 0. The smallest absolute Gasteiger partial charge is 0.250 e. The molecule has 3 rings (SSSR count). The Morgan fingerprint density at radius 1 is 1.15 bits per heavy atom. The fourth-order valence-electron chi connectivity index (χ4n) is 2.62. The molecule has 1 N–H and O–H groups in total. The van der Waals surface area contributed by atoms with Crippen LogP contribution in [-0.2, 0) is 17.9 Å². The molecule has 1 unspecified atom stereocenters. The molecule has 2 aromatic heterocycles. The Labute approximate surface area is 157 Å². The summed E-state index contributed by atoms with van der Waals surface area (Å²) in [6.45, 7) is 2.35. The first-order chi connectivity index (χ1) is 13.1. The van der Waals surface area contributed by atoms with E-state index < -0.39 is 0 Å². The van der Waals surface area contributed by atoms with Gasteiger partial charge >= 0.3 is 0 Å². The van der Waals surface area contributed by atoms with Crippen molar-refractivity contribution < 1.29 is 9.53 Å². The summed E-state index contributed by atoms with van der Waals surface area (Å²) in [5.74, 6) is 0.532. The predicted octanol–water partition coefficient (Wildman–Crippen LogP) is 2.70. The lowest BCUT2D eigenvalue weighted by Crippen LogP contribution is -2.33. The number of hydrogen-bond donors (Lipinski definition) is 1. The highest BCUT2D eigenvalue weighted by Crippen LogP contribution is 2.18. The average molecular weight is 363 g/mol. The molecule has 0 saturated carbocycles. The minimum Gasteiger partial charge on any atom is -0.489 e. The van der Waals surface area contributed by atoms with Gasteiger partial charge in [-0.15, -0.1) is 0 Å². The number of hydrogen-bond acceptors (Lipinski definition) is 4. The first-order valence-corrected chi connectivity index (χ1v) is 8.68. The van der Waals surface area contributed by atoms with Crippen LogP contribution in [0.5, 0.6) is 5.75 Å². The Morgan fingerprint density at radius 3 is 2.67 bits per heavy atom. The van der Waals surface area contributed by atoms with Crippen molar-refractivity contribution >= 4 is 5.91 Å². The fourth-order valence-corrected chi connectivity index (χ4v) is 2.62. The third-order valence-electron chi connectivity index (χ3n) is 4.10. The van der Waals surface area contributed by atoms with Gasteiger partial charge in [-0.05, 0) is 36.8 Å². The molecule has 138 valence electrons. The van der Waals surface area contributed by atoms with E-state index in [2.05, 4.69) is 10.3 Å². The molecule has 0 aliphatic heterocycles. The number of amides is 1. The second-order valence-electron chi connectivity index (χ2n) is 6.17. The van der Waals surface area contributed by atoms with E-state index in [1.54, 1.807) is 30.7 Å². The van der Waals surface area contributed by atoms with E-state index in [1.807, 2.05) is 43.3 Å². The van der Waals surface area contributed by atoms with Gasteiger partial charge in [0.15, 0.2) is 0 Å². The van der Waals surface area contributed by atoms with Crippen LogP contribution in [0.4, 0.5) is 0 Å². The first kappa shape index (κ1) is 18.4. The number of rotatable bonds is 7. The van der Waals surface area contributed by atoms with Gasteiger partial charge in [-0.2, -0.15) is 0 Å². The fraction of sp³-hybridized carbons (Fsp3) is 0.190. The van der Waals surface area contributed by atoms with Crippen molar-refractivity contribution in [2.75, 3.05) is 0 Å². The maximum atomic E-state index is 12.2. The average Bonchev–Trinajstić information content (AvgIpc) is 2.69. The second kappa shape index (κ2) is 8.80. The maximum absolute atomic E-state index is 12.2. The van der Waals surface area contributed by atoms with Crippen LogP contribution in [0.3, 0.4) is 0 Å². The van der Waals surface area contributed by atoms with Crippen LogP contribution in [0.15, 0.2) is 78.0 Å². The molecule has 1 aromatic carbocycles. The van der Waals surface area contributed by atoms with Gasteiger partial charge in [0.25, 0.3) is 5.56 Å². The molecule has 0 aliphatic rings. The zero-order valence-corrected chi connectivity index (χ0v) is 15.0. The van der Waals surface area contributed by atoms with Crippen molar-refractivity contribution in [1.29, 1.82) is 0 Å². The topological polar surface area (TPSA) is 73.2 Å². The number of carbonyl (C=O) groups excluding carboxylic acids is 1. The quantitative estimate of drug-likeness (QED) is 0.700. The third kappa shape index (κ3) is 5.28. The maximum Gasteiger partial charge on any atom is 0.250 e. The van der Waals surface area contributed by atoms with E-state index in [4.69, 9.17) is 4.74 Å². The first-order valence-electron chi connectivity index (χ1n) is 8.68. The van der Waals surface area contributed by atoms with Crippen LogP contribution >= 0.6 is 0 Å². The van der Waals surface area contributed by atoms with Crippen LogP contribution in [0.25, 0.3) is 0 Å². The minimum absolute atomic E-state index is 0.00365. The highest BCUT2D eigenvalue weighted by atomic mass is 16.5. The normalized spacial score (nSPS) is 11.6. The molecule has 6 heteroatoms. The largest absolute Gasteiger partial charge is 0.489 e. The number of ether oxygens (including phenoxy) is 1. The SMILES string of the molecule is CC(NC(=O)Cn1ccccc1=O)c1ccc(OCc2cccnc2)cc1. The molecular weight excluding hydrogens is 342 g/mol. The van der Waals surface area contributed by atoms with Crippen LogP contribution < -0.4 is 15.6 Å². The molecular formula is C21H21N3O3. The molecule has 0 spiro atoms. The summed E-state index contributed by atoms with van der Waals surface area (Å²) in [7, 11) is 0. The van der Waals surface area contributed by atoms with Gasteiger partial charge in [0.05, 0.1) is 6.04 Å². The molecule has 3 aromatic rings. The van der Waals surface area contributed by atoms with Crippen molar-refractivity contribution in [3.05, 3.63) is 94.7 Å². The lowest BCUT2D eigenvalue weighted by atomic mass is 10.1. The van der Waals surface area contributed by atoms with E-state index in [9.17, 15) is 9.59 Å². The Hall–Kier alpha value is -3.41. The van der Waals surface area contributed by atoms with Crippen molar-refractivity contribution in [2.45, 2.75) is 26.1 Å². The Bertz CT molecular complexity index is 937. The molecule has 6 nitrogen and oxygen atoms in total. The highest BCUT2D eigenvalue weighted by Gasteiger charge is 2.10. The van der Waals surface area contributed by atoms with E-state index in [1.165, 1.54) is 10.6 Å². The molecule has 0 radical (unpaired) electrons. The van der Waals surface area contributed by atoms with E-state index in [0.29, 0.717) is 6.61 Å². The van der Waals surface area contributed by atoms with Gasteiger partial charge < -0.3 is 14.6 Å². The Kier molecular flexibility index (Phi) is 5.99. The van der Waals surface area contributed by atoms with Gasteiger partial charge in [-0.3, -0.25) is 14.6 Å². The van der Waals surface area contributed by atoms with Gasteiger partial charge in [0, 0.05) is 30.2 Å². The van der Waals surface area contributed by atoms with E-state index in [-0.39, 0.29) is 24.1 Å². The second-order valence-corrected chi connectivity index (χ2v) is 6.17. The number of nitrogens with one attached hydrogen (secondary N) is 1. The summed E-state index contributed by atoms with van der Waals surface area (Å²) in [6, 6.07) is 16.0. The lowest BCUT2D eigenvalue weighted by Gasteiger charge is -2.15. The summed E-state index contributed by atoms with van der Waals surface area (Å²) in [6.07, 6.45) is 5.09. The van der Waals surface area contributed by atoms with Crippen LogP contribution in [0, 0.1) is 0 Å². The van der Waals surface area contributed by atoms with Crippen LogP contribution in [-0.4, -0.2) is 15.5 Å². The Morgan fingerprint density at radius 2 is 1.96 bits per heavy atom. The van der Waals surface area contributed by atoms with Gasteiger partial charge in [0.1, 0.15) is 18.9 Å². The molecule has 1 amide bonds. The van der Waals surface area contributed by atoms with E-state index in [0.717, 1.165) is 16.9 Å².